The van der Waals surface area contributed by atoms with E-state index in [1.807, 2.05) is 0 Å². The lowest BCUT2D eigenvalue weighted by Crippen LogP contribution is -2.38. The van der Waals surface area contributed by atoms with Crippen LogP contribution >= 0.6 is 0 Å². The third-order valence-corrected chi connectivity index (χ3v) is 2.58. The van der Waals surface area contributed by atoms with Crippen LogP contribution in [0.5, 0.6) is 0 Å². The molecule has 0 aliphatic carbocycles. The van der Waals surface area contributed by atoms with Crippen LogP contribution in [0.15, 0.2) is 0 Å². The molecule has 0 aliphatic heterocycles. The SMILES string of the molecule is CCNS(=O)(=O)NCC[C@H](O)C(=O)O. The maximum Gasteiger partial charge on any atom is 0.332 e. The Morgan fingerprint density at radius 3 is 2.43 bits per heavy atom. The molecule has 0 aromatic carbocycles. The second-order valence-electron chi connectivity index (χ2n) is 2.54. The van der Waals surface area contributed by atoms with E-state index in [1.54, 1.807) is 6.92 Å². The average Bonchev–Trinajstić information content (AvgIpc) is 2.03. The molecule has 0 rings (SSSR count). The highest BCUT2D eigenvalue weighted by molar-refractivity contribution is 7.87. The summed E-state index contributed by atoms with van der Waals surface area (Å²) in [5.74, 6) is -1.37. The molecule has 0 saturated carbocycles. The van der Waals surface area contributed by atoms with Gasteiger partial charge in [0.15, 0.2) is 6.10 Å². The normalized spacial score (nSPS) is 13.9. The number of aliphatic hydroxyl groups excluding tert-OH is 1. The van der Waals surface area contributed by atoms with E-state index in [0.717, 1.165) is 0 Å². The van der Waals surface area contributed by atoms with Crippen molar-refractivity contribution in [3.63, 3.8) is 0 Å². The van der Waals surface area contributed by atoms with Crippen LogP contribution in [0.2, 0.25) is 0 Å². The van der Waals surface area contributed by atoms with Crippen molar-refractivity contribution in [1.29, 1.82) is 0 Å². The summed E-state index contributed by atoms with van der Waals surface area (Å²) in [4.78, 5) is 10.1. The average molecular weight is 226 g/mol. The highest BCUT2D eigenvalue weighted by atomic mass is 32.2. The van der Waals surface area contributed by atoms with E-state index in [9.17, 15) is 13.2 Å². The van der Waals surface area contributed by atoms with Gasteiger partial charge in [0.25, 0.3) is 10.2 Å². The van der Waals surface area contributed by atoms with Gasteiger partial charge in [-0.15, -0.1) is 0 Å². The van der Waals surface area contributed by atoms with Crippen molar-refractivity contribution in [1.82, 2.24) is 9.44 Å². The number of aliphatic hydroxyl groups is 1. The van der Waals surface area contributed by atoms with Crippen LogP contribution in [-0.2, 0) is 15.0 Å². The molecule has 0 amide bonds. The molecule has 1 atom stereocenters. The smallest absolute Gasteiger partial charge is 0.332 e. The summed E-state index contributed by atoms with van der Waals surface area (Å²) in [7, 11) is -3.56. The molecular weight excluding hydrogens is 212 g/mol. The number of carbonyl (C=O) groups is 1. The van der Waals surface area contributed by atoms with Crippen LogP contribution in [-0.4, -0.2) is 43.8 Å². The van der Waals surface area contributed by atoms with Gasteiger partial charge in [-0.3, -0.25) is 0 Å². The maximum absolute atomic E-state index is 10.9. The molecule has 0 spiro atoms. The fourth-order valence-electron chi connectivity index (χ4n) is 0.695. The van der Waals surface area contributed by atoms with Gasteiger partial charge in [-0.05, 0) is 6.42 Å². The van der Waals surface area contributed by atoms with Gasteiger partial charge in [-0.2, -0.15) is 8.42 Å². The first-order valence-electron chi connectivity index (χ1n) is 4.04. The van der Waals surface area contributed by atoms with E-state index in [2.05, 4.69) is 9.44 Å². The van der Waals surface area contributed by atoms with Crippen molar-refractivity contribution in [2.75, 3.05) is 13.1 Å². The molecular formula is C6H14N2O5S. The van der Waals surface area contributed by atoms with Gasteiger partial charge in [0.2, 0.25) is 0 Å². The zero-order valence-corrected chi connectivity index (χ0v) is 8.54. The van der Waals surface area contributed by atoms with Crippen molar-refractivity contribution < 1.29 is 23.4 Å². The van der Waals surface area contributed by atoms with Gasteiger partial charge in [0.1, 0.15) is 0 Å². The molecule has 0 heterocycles. The lowest BCUT2D eigenvalue weighted by Gasteiger charge is -2.07. The highest BCUT2D eigenvalue weighted by Crippen LogP contribution is 1.90. The molecule has 0 fully saturated rings. The first-order valence-corrected chi connectivity index (χ1v) is 5.52. The number of nitrogens with one attached hydrogen (secondary N) is 2. The van der Waals surface area contributed by atoms with Crippen LogP contribution in [0.4, 0.5) is 0 Å². The summed E-state index contributed by atoms with van der Waals surface area (Å²) in [6.45, 7) is 1.74. The topological polar surface area (TPSA) is 116 Å². The monoisotopic (exact) mass is 226 g/mol. The van der Waals surface area contributed by atoms with Gasteiger partial charge in [0, 0.05) is 13.1 Å². The minimum Gasteiger partial charge on any atom is -0.479 e. The third kappa shape index (κ3) is 5.86. The zero-order valence-electron chi connectivity index (χ0n) is 7.73. The Balaban J connectivity index is 3.79. The Labute approximate surface area is 82.3 Å². The molecule has 0 bridgehead atoms. The van der Waals surface area contributed by atoms with Gasteiger partial charge in [-0.25, -0.2) is 14.2 Å². The summed E-state index contributed by atoms with van der Waals surface area (Å²) >= 11 is 0. The number of carboxylic acids is 1. The number of rotatable bonds is 7. The molecule has 7 nitrogen and oxygen atoms in total. The van der Waals surface area contributed by atoms with E-state index in [4.69, 9.17) is 10.2 Å². The number of hydrogen-bond acceptors (Lipinski definition) is 4. The van der Waals surface area contributed by atoms with Crippen molar-refractivity contribution in [3.05, 3.63) is 0 Å². The molecule has 0 unspecified atom stereocenters. The van der Waals surface area contributed by atoms with Gasteiger partial charge >= 0.3 is 5.97 Å². The molecule has 0 radical (unpaired) electrons. The molecule has 14 heavy (non-hydrogen) atoms. The Morgan fingerprint density at radius 2 is 2.00 bits per heavy atom. The van der Waals surface area contributed by atoms with Crippen LogP contribution in [0.25, 0.3) is 0 Å². The summed E-state index contributed by atoms with van der Waals surface area (Å²) in [5, 5.41) is 17.1. The predicted octanol–water partition coefficient (Wildman–Crippen LogP) is -1.73. The number of aliphatic carboxylic acids is 1. The van der Waals surface area contributed by atoms with Crippen LogP contribution in [0.1, 0.15) is 13.3 Å². The Bertz CT molecular complexity index is 276. The lowest BCUT2D eigenvalue weighted by atomic mass is 10.3. The highest BCUT2D eigenvalue weighted by Gasteiger charge is 2.14. The Hall–Kier alpha value is -0.700. The molecule has 8 heteroatoms. The molecule has 0 aromatic heterocycles. The summed E-state index contributed by atoms with van der Waals surface area (Å²) < 4.78 is 26.1. The number of carboxylic acid groups (broad SMARTS) is 1. The van der Waals surface area contributed by atoms with Crippen molar-refractivity contribution in [3.8, 4) is 0 Å². The van der Waals surface area contributed by atoms with E-state index in [-0.39, 0.29) is 19.5 Å². The Morgan fingerprint density at radius 1 is 1.43 bits per heavy atom. The summed E-state index contributed by atoms with van der Waals surface area (Å²) in [6.07, 6.45) is -1.71. The minimum atomic E-state index is -3.56. The molecule has 0 saturated heterocycles. The fraction of sp³-hybridized carbons (Fsp3) is 0.833. The van der Waals surface area contributed by atoms with E-state index in [0.29, 0.717) is 0 Å². The van der Waals surface area contributed by atoms with Crippen molar-refractivity contribution >= 4 is 16.2 Å². The zero-order chi connectivity index (χ0) is 11.2. The summed E-state index contributed by atoms with van der Waals surface area (Å²) in [5.41, 5.74) is 0. The van der Waals surface area contributed by atoms with E-state index < -0.39 is 22.3 Å². The molecule has 0 aromatic rings. The second-order valence-corrected chi connectivity index (χ2v) is 4.12. The predicted molar refractivity (Wildman–Crippen MR) is 48.9 cm³/mol. The Kier molecular flexibility index (Phi) is 5.62. The van der Waals surface area contributed by atoms with E-state index >= 15 is 0 Å². The van der Waals surface area contributed by atoms with Gasteiger partial charge in [-0.1, -0.05) is 6.92 Å². The molecule has 4 N–H and O–H groups in total. The van der Waals surface area contributed by atoms with Gasteiger partial charge in [0.05, 0.1) is 0 Å². The minimum absolute atomic E-state index is 0.122. The van der Waals surface area contributed by atoms with Crippen molar-refractivity contribution in [2.24, 2.45) is 0 Å². The summed E-state index contributed by atoms with van der Waals surface area (Å²) in [6, 6.07) is 0. The van der Waals surface area contributed by atoms with Crippen LogP contribution < -0.4 is 9.44 Å². The fourth-order valence-corrected chi connectivity index (χ4v) is 1.56. The van der Waals surface area contributed by atoms with E-state index in [1.165, 1.54) is 0 Å². The van der Waals surface area contributed by atoms with Crippen LogP contribution in [0, 0.1) is 0 Å². The molecule has 84 valence electrons. The largest absolute Gasteiger partial charge is 0.479 e. The third-order valence-electron chi connectivity index (χ3n) is 1.33. The number of hydrogen-bond donors (Lipinski definition) is 4. The lowest BCUT2D eigenvalue weighted by molar-refractivity contribution is -0.146. The van der Waals surface area contributed by atoms with Gasteiger partial charge < -0.3 is 10.2 Å². The first-order chi connectivity index (χ1) is 6.39. The van der Waals surface area contributed by atoms with Crippen molar-refractivity contribution in [2.45, 2.75) is 19.4 Å². The van der Waals surface area contributed by atoms with Crippen LogP contribution in [0.3, 0.4) is 0 Å². The second kappa shape index (κ2) is 5.91. The quantitative estimate of drug-likeness (QED) is 0.411. The maximum atomic E-state index is 10.9. The first kappa shape index (κ1) is 13.3. The molecule has 0 aliphatic rings. The standard InChI is InChI=1S/C6H14N2O5S/c1-2-7-14(12,13)8-4-3-5(9)6(10)11/h5,7-9H,2-4H2,1H3,(H,10,11)/t5-/m0/s1.